The molecule has 2 aromatic carbocycles. The van der Waals surface area contributed by atoms with Crippen LogP contribution in [0.1, 0.15) is 33.6 Å². The topological polar surface area (TPSA) is 33.1 Å². The fourth-order valence-corrected chi connectivity index (χ4v) is 4.10. The molecule has 0 amide bonds. The van der Waals surface area contributed by atoms with Crippen molar-refractivity contribution < 1.29 is 0 Å². The van der Waals surface area contributed by atoms with Crippen LogP contribution < -0.4 is 5.32 Å². The third kappa shape index (κ3) is 4.34. The van der Waals surface area contributed by atoms with Gasteiger partial charge in [0.1, 0.15) is 0 Å². The fourth-order valence-electron chi connectivity index (χ4n) is 4.10. The maximum Gasteiger partial charge on any atom is 0.0662 e. The average molecular weight is 375 g/mol. The first-order valence-electron chi connectivity index (χ1n) is 10.3. The summed E-state index contributed by atoms with van der Waals surface area (Å²) in [7, 11) is 0. The van der Waals surface area contributed by atoms with Crippen molar-refractivity contribution in [1.82, 2.24) is 20.0 Å². The molecule has 4 nitrogen and oxygen atoms in total. The minimum absolute atomic E-state index is 0.834. The van der Waals surface area contributed by atoms with Gasteiger partial charge >= 0.3 is 0 Å². The van der Waals surface area contributed by atoms with E-state index in [0.29, 0.717) is 0 Å². The molecule has 1 N–H and O–H groups in total. The van der Waals surface area contributed by atoms with Gasteiger partial charge in [-0.05, 0) is 37.0 Å². The monoisotopic (exact) mass is 374 g/mol. The Balaban J connectivity index is 1.28. The first-order valence-corrected chi connectivity index (χ1v) is 10.3. The summed E-state index contributed by atoms with van der Waals surface area (Å²) in [4.78, 5) is 2.55. The van der Waals surface area contributed by atoms with Crippen molar-refractivity contribution in [1.29, 1.82) is 0 Å². The Morgan fingerprint density at radius 2 is 1.71 bits per heavy atom. The summed E-state index contributed by atoms with van der Waals surface area (Å²) in [6.45, 7) is 10.3. The molecule has 0 spiro atoms. The van der Waals surface area contributed by atoms with E-state index in [-0.39, 0.29) is 0 Å². The molecule has 0 unspecified atom stereocenters. The van der Waals surface area contributed by atoms with Crippen molar-refractivity contribution >= 4 is 0 Å². The minimum Gasteiger partial charge on any atom is -0.311 e. The summed E-state index contributed by atoms with van der Waals surface area (Å²) in [5.74, 6) is 0. The number of nitrogens with zero attached hydrogens (tertiary/aromatic N) is 3. The second kappa shape index (κ2) is 8.72. The van der Waals surface area contributed by atoms with Gasteiger partial charge in [-0.1, -0.05) is 54.6 Å². The predicted octanol–water partition coefficient (Wildman–Crippen LogP) is 3.70. The highest BCUT2D eigenvalue weighted by molar-refractivity contribution is 5.29. The molecule has 2 heterocycles. The second-order valence-electron chi connectivity index (χ2n) is 7.76. The van der Waals surface area contributed by atoms with Crippen LogP contribution in [0.5, 0.6) is 0 Å². The first-order chi connectivity index (χ1) is 13.7. The fraction of sp³-hybridized carbons (Fsp3) is 0.375. The Kier molecular flexibility index (Phi) is 5.89. The summed E-state index contributed by atoms with van der Waals surface area (Å²) in [5.41, 5.74) is 8.03. The molecule has 146 valence electrons. The van der Waals surface area contributed by atoms with Gasteiger partial charge < -0.3 is 5.32 Å². The molecule has 0 atom stereocenters. The van der Waals surface area contributed by atoms with E-state index in [1.807, 2.05) is 0 Å². The number of benzene rings is 2. The van der Waals surface area contributed by atoms with Crippen molar-refractivity contribution in [3.63, 3.8) is 0 Å². The molecule has 0 saturated heterocycles. The molecule has 3 aromatic rings. The zero-order valence-corrected chi connectivity index (χ0v) is 17.0. The molecular formula is C24H30N4. The standard InChI is InChI=1S/C24H30N4/c1-19-24(20(2)28(26-19)17-21-8-4-3-5-9-21)16-25-13-15-27-14-12-22-10-6-7-11-23(22)18-27/h3-11,25H,12-18H2,1-2H3. The van der Waals surface area contributed by atoms with Gasteiger partial charge in [0.25, 0.3) is 0 Å². The number of fused-ring (bicyclic) bond motifs is 1. The molecule has 1 aromatic heterocycles. The summed E-state index contributed by atoms with van der Waals surface area (Å²) < 4.78 is 2.13. The van der Waals surface area contributed by atoms with Crippen molar-refractivity contribution in [2.24, 2.45) is 0 Å². The van der Waals surface area contributed by atoms with Crippen LogP contribution in [-0.2, 0) is 26.1 Å². The molecular weight excluding hydrogens is 344 g/mol. The van der Waals surface area contributed by atoms with Crippen molar-refractivity contribution in [3.8, 4) is 0 Å². The highest BCUT2D eigenvalue weighted by Gasteiger charge is 2.15. The maximum absolute atomic E-state index is 4.77. The van der Waals surface area contributed by atoms with Gasteiger partial charge in [0.15, 0.2) is 0 Å². The number of nitrogens with one attached hydrogen (secondary N) is 1. The van der Waals surface area contributed by atoms with Gasteiger partial charge in [-0.15, -0.1) is 0 Å². The molecule has 0 fully saturated rings. The molecule has 0 radical (unpaired) electrons. The van der Waals surface area contributed by atoms with E-state index in [2.05, 4.69) is 83.3 Å². The van der Waals surface area contributed by atoms with Crippen LogP contribution >= 0.6 is 0 Å². The highest BCUT2D eigenvalue weighted by Crippen LogP contribution is 2.18. The van der Waals surface area contributed by atoms with E-state index >= 15 is 0 Å². The first kappa shape index (κ1) is 18.9. The largest absolute Gasteiger partial charge is 0.311 e. The number of aryl methyl sites for hydroxylation is 1. The number of aromatic nitrogens is 2. The van der Waals surface area contributed by atoms with E-state index in [9.17, 15) is 0 Å². The van der Waals surface area contributed by atoms with Crippen LogP contribution in [0.3, 0.4) is 0 Å². The van der Waals surface area contributed by atoms with Crippen LogP contribution in [0.2, 0.25) is 0 Å². The van der Waals surface area contributed by atoms with Gasteiger partial charge in [0.05, 0.1) is 12.2 Å². The molecule has 1 aliphatic heterocycles. The van der Waals surface area contributed by atoms with Crippen molar-refractivity contribution in [3.05, 3.63) is 88.2 Å². The molecule has 0 aliphatic carbocycles. The van der Waals surface area contributed by atoms with E-state index in [1.165, 1.54) is 34.4 Å². The zero-order valence-electron chi connectivity index (χ0n) is 17.0. The Morgan fingerprint density at radius 3 is 2.54 bits per heavy atom. The molecule has 4 heteroatoms. The summed E-state index contributed by atoms with van der Waals surface area (Å²) in [6.07, 6.45) is 1.17. The normalized spacial score (nSPS) is 14.2. The van der Waals surface area contributed by atoms with Crippen LogP contribution in [0.4, 0.5) is 0 Å². The van der Waals surface area contributed by atoms with E-state index < -0.39 is 0 Å². The Morgan fingerprint density at radius 1 is 0.964 bits per heavy atom. The van der Waals surface area contributed by atoms with Crippen LogP contribution in [0.15, 0.2) is 54.6 Å². The van der Waals surface area contributed by atoms with Gasteiger partial charge in [-0.3, -0.25) is 9.58 Å². The Labute approximate surface area is 168 Å². The van der Waals surface area contributed by atoms with Crippen LogP contribution in [0, 0.1) is 13.8 Å². The van der Waals surface area contributed by atoms with Gasteiger partial charge in [0, 0.05) is 44.0 Å². The third-order valence-electron chi connectivity index (χ3n) is 5.82. The molecule has 28 heavy (non-hydrogen) atoms. The number of hydrogen-bond acceptors (Lipinski definition) is 3. The van der Waals surface area contributed by atoms with Gasteiger partial charge in [0.2, 0.25) is 0 Å². The van der Waals surface area contributed by atoms with E-state index in [1.54, 1.807) is 0 Å². The van der Waals surface area contributed by atoms with Crippen molar-refractivity contribution in [2.45, 2.75) is 39.9 Å². The van der Waals surface area contributed by atoms with Crippen LogP contribution in [0.25, 0.3) is 0 Å². The molecule has 4 rings (SSSR count). The smallest absolute Gasteiger partial charge is 0.0662 e. The summed E-state index contributed by atoms with van der Waals surface area (Å²) >= 11 is 0. The number of hydrogen-bond donors (Lipinski definition) is 1. The molecule has 0 bridgehead atoms. The third-order valence-corrected chi connectivity index (χ3v) is 5.82. The lowest BCUT2D eigenvalue weighted by molar-refractivity contribution is 0.254. The maximum atomic E-state index is 4.77. The lowest BCUT2D eigenvalue weighted by Gasteiger charge is -2.28. The van der Waals surface area contributed by atoms with Crippen LogP contribution in [-0.4, -0.2) is 34.3 Å². The van der Waals surface area contributed by atoms with E-state index in [0.717, 1.165) is 45.0 Å². The minimum atomic E-state index is 0.834. The quantitative estimate of drug-likeness (QED) is 0.640. The highest BCUT2D eigenvalue weighted by atomic mass is 15.3. The Hall–Kier alpha value is -2.43. The van der Waals surface area contributed by atoms with Gasteiger partial charge in [-0.25, -0.2) is 0 Å². The summed E-state index contributed by atoms with van der Waals surface area (Å²) in [6, 6.07) is 19.4. The summed E-state index contributed by atoms with van der Waals surface area (Å²) in [5, 5.41) is 8.40. The lowest BCUT2D eigenvalue weighted by atomic mass is 10.00. The predicted molar refractivity (Wildman–Crippen MR) is 114 cm³/mol. The number of rotatable bonds is 7. The van der Waals surface area contributed by atoms with Crippen molar-refractivity contribution in [2.75, 3.05) is 19.6 Å². The van der Waals surface area contributed by atoms with E-state index in [4.69, 9.17) is 5.10 Å². The Bertz CT molecular complexity index is 914. The average Bonchev–Trinajstić information content (AvgIpc) is 2.99. The molecule has 1 aliphatic rings. The van der Waals surface area contributed by atoms with Gasteiger partial charge in [-0.2, -0.15) is 5.10 Å². The lowest BCUT2D eigenvalue weighted by Crippen LogP contribution is -2.36. The zero-order chi connectivity index (χ0) is 19.3. The SMILES string of the molecule is Cc1nn(Cc2ccccc2)c(C)c1CNCCN1CCc2ccccc2C1. The second-order valence-corrected chi connectivity index (χ2v) is 7.76. The molecule has 0 saturated carbocycles.